The molecule has 8 aromatic rings. The van der Waals surface area contributed by atoms with Crippen molar-refractivity contribution in [2.24, 2.45) is 0 Å². The minimum absolute atomic E-state index is 1.17. The average Bonchev–Trinajstić information content (AvgIpc) is 3.02. The summed E-state index contributed by atoms with van der Waals surface area (Å²) in [5.74, 6) is 0. The van der Waals surface area contributed by atoms with Crippen molar-refractivity contribution in [3.8, 4) is 0 Å². The molecule has 0 heterocycles. The summed E-state index contributed by atoms with van der Waals surface area (Å²) in [6, 6.07) is 57.7. The Morgan fingerprint density at radius 1 is 0.256 bits per heavy atom. The van der Waals surface area contributed by atoms with Crippen molar-refractivity contribution >= 4 is 60.2 Å². The quantitative estimate of drug-likeness (QED) is 0.173. The van der Waals surface area contributed by atoms with E-state index in [4.69, 9.17) is 0 Å². The first kappa shape index (κ1) is 23.0. The zero-order chi connectivity index (χ0) is 26.0. The van der Waals surface area contributed by atoms with Crippen molar-refractivity contribution in [3.05, 3.63) is 164 Å². The Balaban J connectivity index is 0.000000130. The number of nitrogens with zero attached hydrogens (tertiary/aromatic N) is 1. The van der Waals surface area contributed by atoms with E-state index < -0.39 is 0 Å². The molecule has 0 spiro atoms. The molecule has 0 bridgehead atoms. The number of hydrogen-bond acceptors (Lipinski definition) is 1. The van der Waals surface area contributed by atoms with Gasteiger partial charge in [-0.05, 0) is 79.5 Å². The molecule has 0 N–H and O–H groups in total. The van der Waals surface area contributed by atoms with Gasteiger partial charge in [0, 0.05) is 17.1 Å². The highest BCUT2D eigenvalue weighted by atomic mass is 15.1. The molecule has 0 fully saturated rings. The number of hydrogen-bond donors (Lipinski definition) is 0. The molecule has 8 aromatic carbocycles. The van der Waals surface area contributed by atoms with E-state index in [2.05, 4.69) is 150 Å². The van der Waals surface area contributed by atoms with E-state index in [0.29, 0.717) is 0 Å². The molecule has 0 atom stereocenters. The molecule has 0 amide bonds. The van der Waals surface area contributed by atoms with Gasteiger partial charge in [0.15, 0.2) is 0 Å². The van der Waals surface area contributed by atoms with Gasteiger partial charge in [0.1, 0.15) is 0 Å². The number of anilines is 3. The smallest absolute Gasteiger partial charge is 0.0461 e. The van der Waals surface area contributed by atoms with E-state index >= 15 is 0 Å². The number of rotatable bonds is 3. The van der Waals surface area contributed by atoms with Gasteiger partial charge in [-0.1, -0.05) is 127 Å². The summed E-state index contributed by atoms with van der Waals surface area (Å²) < 4.78 is 0. The van der Waals surface area contributed by atoms with Gasteiger partial charge in [0.2, 0.25) is 0 Å². The lowest BCUT2D eigenvalue weighted by atomic mass is 9.90. The van der Waals surface area contributed by atoms with Gasteiger partial charge in [0.25, 0.3) is 0 Å². The van der Waals surface area contributed by atoms with Gasteiger partial charge >= 0.3 is 0 Å². The molecular formula is C38H27N. The molecule has 0 radical (unpaired) electrons. The van der Waals surface area contributed by atoms with Crippen LogP contribution in [0.3, 0.4) is 0 Å². The molecule has 0 aliphatic carbocycles. The molecule has 1 heteroatoms. The van der Waals surface area contributed by atoms with Crippen LogP contribution in [-0.4, -0.2) is 0 Å². The van der Waals surface area contributed by atoms with Gasteiger partial charge in [-0.2, -0.15) is 0 Å². The molecule has 0 saturated heterocycles. The predicted octanol–water partition coefficient (Wildman–Crippen LogP) is 10.9. The number of benzene rings is 8. The second-order valence-corrected chi connectivity index (χ2v) is 9.76. The van der Waals surface area contributed by atoms with Crippen LogP contribution in [0.4, 0.5) is 17.1 Å². The van der Waals surface area contributed by atoms with Crippen LogP contribution in [0.15, 0.2) is 164 Å². The largest absolute Gasteiger partial charge is 0.311 e. The Morgan fingerprint density at radius 3 is 0.821 bits per heavy atom. The lowest BCUT2D eigenvalue weighted by molar-refractivity contribution is 1.28. The van der Waals surface area contributed by atoms with E-state index in [1.165, 1.54) is 60.2 Å². The molecule has 0 aliphatic heterocycles. The summed E-state index contributed by atoms with van der Waals surface area (Å²) in [5.41, 5.74) is 3.50. The third-order valence-corrected chi connectivity index (χ3v) is 7.43. The van der Waals surface area contributed by atoms with E-state index in [-0.39, 0.29) is 0 Å². The Hall–Kier alpha value is -5.14. The zero-order valence-corrected chi connectivity index (χ0v) is 21.5. The van der Waals surface area contributed by atoms with Crippen LogP contribution in [0.1, 0.15) is 0 Å². The van der Waals surface area contributed by atoms with Crippen LogP contribution in [0, 0.1) is 0 Å². The van der Waals surface area contributed by atoms with Crippen LogP contribution in [-0.2, 0) is 0 Å². The van der Waals surface area contributed by atoms with Gasteiger partial charge in [0.05, 0.1) is 0 Å². The van der Waals surface area contributed by atoms with Gasteiger partial charge < -0.3 is 4.90 Å². The topological polar surface area (TPSA) is 3.24 Å². The first-order chi connectivity index (χ1) is 19.4. The lowest BCUT2D eigenvalue weighted by Crippen LogP contribution is -2.09. The minimum Gasteiger partial charge on any atom is -0.311 e. The van der Waals surface area contributed by atoms with Crippen LogP contribution >= 0.6 is 0 Å². The first-order valence-electron chi connectivity index (χ1n) is 13.4. The highest BCUT2D eigenvalue weighted by Gasteiger charge is 2.12. The Morgan fingerprint density at radius 2 is 0.538 bits per heavy atom. The molecular weight excluding hydrogens is 470 g/mol. The Labute approximate surface area is 228 Å². The van der Waals surface area contributed by atoms with Crippen molar-refractivity contribution in [1.29, 1.82) is 0 Å². The molecule has 0 aliphatic rings. The predicted molar refractivity (Wildman–Crippen MR) is 169 cm³/mol. The molecule has 39 heavy (non-hydrogen) atoms. The highest BCUT2D eigenvalue weighted by molar-refractivity contribution is 6.32. The minimum atomic E-state index is 1.17. The van der Waals surface area contributed by atoms with Crippen LogP contribution in [0.25, 0.3) is 43.1 Å². The van der Waals surface area contributed by atoms with E-state index in [1.807, 2.05) is 18.2 Å². The fourth-order valence-electron chi connectivity index (χ4n) is 5.76. The summed E-state index contributed by atoms with van der Waals surface area (Å²) in [5, 5.41) is 10.9. The molecule has 0 aromatic heterocycles. The van der Waals surface area contributed by atoms with Crippen LogP contribution < -0.4 is 4.90 Å². The summed E-state index contributed by atoms with van der Waals surface area (Å²) in [6.45, 7) is 0. The zero-order valence-electron chi connectivity index (χ0n) is 21.5. The van der Waals surface area contributed by atoms with Crippen LogP contribution in [0.5, 0.6) is 0 Å². The summed E-state index contributed by atoms with van der Waals surface area (Å²) in [7, 11) is 0. The molecule has 0 unspecified atom stereocenters. The monoisotopic (exact) mass is 497 g/mol. The Bertz CT molecular complexity index is 1730. The van der Waals surface area contributed by atoms with Crippen molar-refractivity contribution in [3.63, 3.8) is 0 Å². The fourth-order valence-corrected chi connectivity index (χ4v) is 5.76. The average molecular weight is 498 g/mol. The maximum Gasteiger partial charge on any atom is 0.0461 e. The molecule has 0 saturated carbocycles. The highest BCUT2D eigenvalue weighted by Crippen LogP contribution is 2.39. The fraction of sp³-hybridized carbons (Fsp3) is 0. The third kappa shape index (κ3) is 4.15. The molecule has 184 valence electrons. The lowest BCUT2D eigenvalue weighted by Gasteiger charge is -2.25. The van der Waals surface area contributed by atoms with E-state index in [0.717, 1.165) is 0 Å². The van der Waals surface area contributed by atoms with Crippen molar-refractivity contribution in [2.45, 2.75) is 0 Å². The molecule has 1 nitrogen and oxygen atoms in total. The first-order valence-corrected chi connectivity index (χ1v) is 13.4. The standard InChI is InChI=1S/C20H12.C18H15N/c1-5-13-6-2-11-17-18-12-4-8-14-7-3-10-16(20(14)18)15(9-1)19(13)17;1-4-10-16(11-5-1)19(17-12-6-2-7-13-17)18-14-8-3-9-15-18/h1-12H;1-15H. The van der Waals surface area contributed by atoms with Crippen molar-refractivity contribution in [2.75, 3.05) is 4.90 Å². The summed E-state index contributed by atoms with van der Waals surface area (Å²) in [6.07, 6.45) is 0. The second-order valence-electron chi connectivity index (χ2n) is 9.76. The summed E-state index contributed by atoms with van der Waals surface area (Å²) >= 11 is 0. The number of fused-ring (bicyclic) bond motifs is 2. The van der Waals surface area contributed by atoms with Crippen molar-refractivity contribution < 1.29 is 0 Å². The van der Waals surface area contributed by atoms with Crippen molar-refractivity contribution in [1.82, 2.24) is 0 Å². The maximum absolute atomic E-state index is 2.25. The van der Waals surface area contributed by atoms with Gasteiger partial charge in [-0.15, -0.1) is 0 Å². The van der Waals surface area contributed by atoms with Gasteiger partial charge in [-0.3, -0.25) is 0 Å². The SMILES string of the molecule is c1cc2cccc3c4cccc5cccc(c(c1)c23)c54.c1ccc(N(c2ccccc2)c2ccccc2)cc1. The number of para-hydroxylation sites is 3. The normalized spacial score (nSPS) is 11.1. The Kier molecular flexibility index (Phi) is 5.88. The van der Waals surface area contributed by atoms with E-state index in [1.54, 1.807) is 0 Å². The molecule has 8 rings (SSSR count). The summed E-state index contributed by atoms with van der Waals surface area (Å²) in [4.78, 5) is 2.25. The third-order valence-electron chi connectivity index (χ3n) is 7.43. The second kappa shape index (κ2) is 9.96. The maximum atomic E-state index is 2.25. The van der Waals surface area contributed by atoms with Crippen LogP contribution in [0.2, 0.25) is 0 Å². The van der Waals surface area contributed by atoms with E-state index in [9.17, 15) is 0 Å². The van der Waals surface area contributed by atoms with Gasteiger partial charge in [-0.25, -0.2) is 0 Å².